The number of rotatable bonds is 2. The van der Waals surface area contributed by atoms with Crippen molar-refractivity contribution in [3.05, 3.63) is 21.4 Å². The molecular formula is C11H14OS. The van der Waals surface area contributed by atoms with E-state index >= 15 is 0 Å². The molecule has 0 radical (unpaired) electrons. The summed E-state index contributed by atoms with van der Waals surface area (Å²) in [6.45, 7) is 4.15. The molecule has 1 aliphatic carbocycles. The average molecular weight is 194 g/mol. The number of thiophene rings is 1. The molecule has 1 aromatic heterocycles. The minimum Gasteiger partial charge on any atom is -0.293 e. The Morgan fingerprint density at radius 3 is 2.54 bits per heavy atom. The van der Waals surface area contributed by atoms with Crippen molar-refractivity contribution in [2.75, 3.05) is 0 Å². The molecule has 13 heavy (non-hydrogen) atoms. The Balaban J connectivity index is 2.19. The lowest BCUT2D eigenvalue weighted by molar-refractivity contribution is 0.0859. The summed E-state index contributed by atoms with van der Waals surface area (Å²) >= 11 is 1.65. The molecule has 1 aliphatic rings. The monoisotopic (exact) mass is 194 g/mol. The van der Waals surface area contributed by atoms with Crippen molar-refractivity contribution in [1.29, 1.82) is 0 Å². The number of carbonyl (C=O) groups is 1. The highest BCUT2D eigenvalue weighted by atomic mass is 32.1. The minimum atomic E-state index is 0.345. The van der Waals surface area contributed by atoms with Gasteiger partial charge < -0.3 is 0 Å². The van der Waals surface area contributed by atoms with E-state index in [-0.39, 0.29) is 0 Å². The molecule has 0 aromatic carbocycles. The molecule has 0 N–H and O–H groups in total. The summed E-state index contributed by atoms with van der Waals surface area (Å²) in [5.41, 5.74) is 1.26. The number of carbonyl (C=O) groups excluding carboxylic acids is 1. The van der Waals surface area contributed by atoms with Gasteiger partial charge in [-0.1, -0.05) is 6.42 Å². The number of aryl methyl sites for hydroxylation is 2. The summed E-state index contributed by atoms with van der Waals surface area (Å²) < 4.78 is 0. The third-order valence-corrected chi connectivity index (χ3v) is 4.05. The predicted octanol–water partition coefficient (Wildman–Crippen LogP) is 3.35. The van der Waals surface area contributed by atoms with E-state index in [4.69, 9.17) is 0 Å². The number of hydrogen-bond acceptors (Lipinski definition) is 2. The van der Waals surface area contributed by atoms with Gasteiger partial charge in [0.15, 0.2) is 5.78 Å². The Morgan fingerprint density at radius 2 is 2.15 bits per heavy atom. The molecule has 2 rings (SSSR count). The van der Waals surface area contributed by atoms with E-state index < -0.39 is 0 Å². The molecule has 0 spiro atoms. The predicted molar refractivity (Wildman–Crippen MR) is 55.5 cm³/mol. The maximum absolute atomic E-state index is 11.8. The van der Waals surface area contributed by atoms with Crippen LogP contribution in [-0.2, 0) is 0 Å². The van der Waals surface area contributed by atoms with Crippen LogP contribution in [-0.4, -0.2) is 5.78 Å². The molecule has 0 bridgehead atoms. The van der Waals surface area contributed by atoms with Crippen molar-refractivity contribution in [3.63, 3.8) is 0 Å². The summed E-state index contributed by atoms with van der Waals surface area (Å²) in [5.74, 6) is 0.727. The van der Waals surface area contributed by atoms with Gasteiger partial charge in [0.1, 0.15) is 0 Å². The Bertz CT molecular complexity index is 314. The summed E-state index contributed by atoms with van der Waals surface area (Å²) in [4.78, 5) is 14.1. The Labute approximate surface area is 82.8 Å². The number of ketones is 1. The maximum atomic E-state index is 11.8. The van der Waals surface area contributed by atoms with Crippen LogP contribution in [0, 0.1) is 19.8 Å². The fourth-order valence-electron chi connectivity index (χ4n) is 1.57. The summed E-state index contributed by atoms with van der Waals surface area (Å²) in [5, 5.41) is 0. The van der Waals surface area contributed by atoms with Gasteiger partial charge in [0.25, 0.3) is 0 Å². The van der Waals surface area contributed by atoms with Gasteiger partial charge in [0, 0.05) is 10.8 Å². The van der Waals surface area contributed by atoms with Gasteiger partial charge in [0.05, 0.1) is 4.88 Å². The zero-order valence-electron chi connectivity index (χ0n) is 8.09. The molecule has 1 fully saturated rings. The van der Waals surface area contributed by atoms with Crippen molar-refractivity contribution in [2.24, 2.45) is 5.92 Å². The van der Waals surface area contributed by atoms with Gasteiger partial charge in [-0.2, -0.15) is 0 Å². The largest absolute Gasteiger partial charge is 0.293 e. The van der Waals surface area contributed by atoms with Gasteiger partial charge >= 0.3 is 0 Å². The zero-order chi connectivity index (χ0) is 9.42. The van der Waals surface area contributed by atoms with Crippen LogP contribution in [0.4, 0.5) is 0 Å². The van der Waals surface area contributed by atoms with Crippen molar-refractivity contribution >= 4 is 17.1 Å². The Kier molecular flexibility index (Phi) is 2.24. The molecule has 70 valence electrons. The van der Waals surface area contributed by atoms with E-state index in [2.05, 4.69) is 13.8 Å². The van der Waals surface area contributed by atoms with Gasteiger partial charge in [-0.05, 0) is 38.3 Å². The SMILES string of the molecule is Cc1cc(C(=O)C2CCC2)sc1C. The molecule has 2 heteroatoms. The lowest BCUT2D eigenvalue weighted by atomic mass is 9.82. The lowest BCUT2D eigenvalue weighted by Crippen LogP contribution is -2.20. The van der Waals surface area contributed by atoms with Crippen molar-refractivity contribution < 1.29 is 4.79 Å². The highest BCUT2D eigenvalue weighted by molar-refractivity contribution is 7.14. The van der Waals surface area contributed by atoms with E-state index in [9.17, 15) is 4.79 Å². The highest BCUT2D eigenvalue weighted by Crippen LogP contribution is 2.32. The first-order valence-corrected chi connectivity index (χ1v) is 5.61. The second-order valence-corrected chi connectivity index (χ2v) is 5.10. The second-order valence-electron chi connectivity index (χ2n) is 3.84. The molecule has 0 atom stereocenters. The molecule has 1 saturated carbocycles. The smallest absolute Gasteiger partial charge is 0.175 e. The molecular weight excluding hydrogens is 180 g/mol. The van der Waals surface area contributed by atoms with Gasteiger partial charge in [-0.15, -0.1) is 11.3 Å². The van der Waals surface area contributed by atoms with Crippen LogP contribution in [0.25, 0.3) is 0 Å². The normalized spacial score (nSPS) is 17.1. The standard InChI is InChI=1S/C11H14OS/c1-7-6-10(13-8(7)2)11(12)9-4-3-5-9/h6,9H,3-5H2,1-2H3. The first-order chi connectivity index (χ1) is 6.18. The molecule has 0 aliphatic heterocycles. The third-order valence-electron chi connectivity index (χ3n) is 2.88. The van der Waals surface area contributed by atoms with Gasteiger partial charge in [-0.3, -0.25) is 4.79 Å². The van der Waals surface area contributed by atoms with E-state index in [1.807, 2.05) is 6.07 Å². The van der Waals surface area contributed by atoms with Crippen molar-refractivity contribution in [1.82, 2.24) is 0 Å². The summed E-state index contributed by atoms with van der Waals surface area (Å²) in [6.07, 6.45) is 3.45. The van der Waals surface area contributed by atoms with E-state index in [0.29, 0.717) is 11.7 Å². The lowest BCUT2D eigenvalue weighted by Gasteiger charge is -2.22. The number of hydrogen-bond donors (Lipinski definition) is 0. The molecule has 1 nitrogen and oxygen atoms in total. The third kappa shape index (κ3) is 1.55. The first-order valence-electron chi connectivity index (χ1n) is 4.79. The van der Waals surface area contributed by atoms with E-state index in [1.165, 1.54) is 16.9 Å². The van der Waals surface area contributed by atoms with E-state index in [0.717, 1.165) is 17.7 Å². The fraction of sp³-hybridized carbons (Fsp3) is 0.545. The Hall–Kier alpha value is -0.630. The minimum absolute atomic E-state index is 0.345. The molecule has 0 unspecified atom stereocenters. The van der Waals surface area contributed by atoms with Crippen molar-refractivity contribution in [3.8, 4) is 0 Å². The highest BCUT2D eigenvalue weighted by Gasteiger charge is 2.27. The van der Waals surface area contributed by atoms with Crippen LogP contribution >= 0.6 is 11.3 Å². The molecule has 1 aromatic rings. The summed E-state index contributed by atoms with van der Waals surface area (Å²) in [7, 11) is 0. The van der Waals surface area contributed by atoms with Crippen molar-refractivity contribution in [2.45, 2.75) is 33.1 Å². The van der Waals surface area contributed by atoms with Crippen LogP contribution in [0.3, 0.4) is 0 Å². The maximum Gasteiger partial charge on any atom is 0.175 e. The van der Waals surface area contributed by atoms with Crippen LogP contribution in [0.1, 0.15) is 39.4 Å². The first kappa shape index (κ1) is 8.95. The fourth-order valence-corrected chi connectivity index (χ4v) is 2.62. The quantitative estimate of drug-likeness (QED) is 0.660. The zero-order valence-corrected chi connectivity index (χ0v) is 8.91. The topological polar surface area (TPSA) is 17.1 Å². The van der Waals surface area contributed by atoms with Gasteiger partial charge in [0.2, 0.25) is 0 Å². The molecule has 0 saturated heterocycles. The average Bonchev–Trinajstić information content (AvgIpc) is 2.28. The second kappa shape index (κ2) is 3.26. The van der Waals surface area contributed by atoms with Gasteiger partial charge in [-0.25, -0.2) is 0 Å². The Morgan fingerprint density at radius 1 is 1.46 bits per heavy atom. The summed E-state index contributed by atoms with van der Waals surface area (Å²) in [6, 6.07) is 2.04. The van der Waals surface area contributed by atoms with E-state index in [1.54, 1.807) is 11.3 Å². The molecule has 1 heterocycles. The van der Waals surface area contributed by atoms with Crippen LogP contribution < -0.4 is 0 Å². The van der Waals surface area contributed by atoms with Crippen LogP contribution in [0.2, 0.25) is 0 Å². The molecule has 0 amide bonds. The van der Waals surface area contributed by atoms with Crippen LogP contribution in [0.5, 0.6) is 0 Å². The number of Topliss-reactive ketones (excluding diaryl/α,β-unsaturated/α-hetero) is 1. The van der Waals surface area contributed by atoms with Crippen LogP contribution in [0.15, 0.2) is 6.07 Å².